The molecule has 11 heteroatoms. The maximum atomic E-state index is 12.5. The molecule has 0 spiro atoms. The van der Waals surface area contributed by atoms with Crippen LogP contribution in [0.4, 0.5) is 5.69 Å². The van der Waals surface area contributed by atoms with Crippen molar-refractivity contribution in [2.45, 2.75) is 20.0 Å². The number of fused-ring (bicyclic) bond motifs is 2. The Bertz CT molecular complexity index is 1450. The number of carboxylic acids is 1. The van der Waals surface area contributed by atoms with Crippen LogP contribution in [0, 0.1) is 6.92 Å². The summed E-state index contributed by atoms with van der Waals surface area (Å²) in [4.78, 5) is 45.7. The highest BCUT2D eigenvalue weighted by Gasteiger charge is 2.20. The highest BCUT2D eigenvalue weighted by molar-refractivity contribution is 6.08. The zero-order valence-electron chi connectivity index (χ0n) is 19.4. The highest BCUT2D eigenvalue weighted by atomic mass is 16.5. The maximum absolute atomic E-state index is 12.5. The fraction of sp³-hybridized carbons (Fsp3) is 0.160. The molecule has 2 aromatic heterocycles. The SMILES string of the molecule is Cc1cccc(CN)c1.O=C1COc2ccc(CNC(=O)c3ncnc4c(C(=O)O)c[nH]c34)cc2N1. The fourth-order valence-electron chi connectivity index (χ4n) is 3.62. The number of anilines is 1. The average Bonchev–Trinajstić information content (AvgIpc) is 3.32. The van der Waals surface area contributed by atoms with E-state index in [1.165, 1.54) is 17.3 Å². The van der Waals surface area contributed by atoms with Gasteiger partial charge in [0.25, 0.3) is 11.8 Å². The molecule has 2 amide bonds. The van der Waals surface area contributed by atoms with Crippen LogP contribution in [0.2, 0.25) is 0 Å². The van der Waals surface area contributed by atoms with Crippen molar-refractivity contribution in [3.8, 4) is 5.75 Å². The summed E-state index contributed by atoms with van der Waals surface area (Å²) in [5, 5.41) is 14.6. The third-order valence-corrected chi connectivity index (χ3v) is 5.36. The molecular weight excluding hydrogens is 464 g/mol. The number of hydrogen-bond donors (Lipinski definition) is 5. The van der Waals surface area contributed by atoms with Gasteiger partial charge in [0.1, 0.15) is 23.2 Å². The van der Waals surface area contributed by atoms with Crippen molar-refractivity contribution in [2.75, 3.05) is 11.9 Å². The number of aromatic amines is 1. The first kappa shape index (κ1) is 24.4. The predicted octanol–water partition coefficient (Wildman–Crippen LogP) is 2.37. The van der Waals surface area contributed by atoms with Gasteiger partial charge in [-0.2, -0.15) is 0 Å². The summed E-state index contributed by atoms with van der Waals surface area (Å²) in [6, 6.07) is 13.4. The molecule has 184 valence electrons. The number of rotatable bonds is 5. The van der Waals surface area contributed by atoms with Crippen LogP contribution >= 0.6 is 0 Å². The first-order valence-corrected chi connectivity index (χ1v) is 11.0. The number of nitrogens with one attached hydrogen (secondary N) is 3. The predicted molar refractivity (Wildman–Crippen MR) is 132 cm³/mol. The number of nitrogens with zero attached hydrogens (tertiary/aromatic N) is 2. The minimum Gasteiger partial charge on any atom is -0.482 e. The van der Waals surface area contributed by atoms with Gasteiger partial charge < -0.3 is 31.2 Å². The van der Waals surface area contributed by atoms with E-state index in [0.29, 0.717) is 18.0 Å². The van der Waals surface area contributed by atoms with Crippen LogP contribution in [0.1, 0.15) is 37.5 Å². The van der Waals surface area contributed by atoms with Gasteiger partial charge in [-0.3, -0.25) is 9.59 Å². The molecule has 1 aliphatic heterocycles. The van der Waals surface area contributed by atoms with Crippen LogP contribution in [0.15, 0.2) is 55.0 Å². The molecule has 0 fully saturated rings. The Kier molecular flexibility index (Phi) is 7.21. The van der Waals surface area contributed by atoms with Gasteiger partial charge in [0, 0.05) is 19.3 Å². The van der Waals surface area contributed by atoms with E-state index in [0.717, 1.165) is 11.9 Å². The smallest absolute Gasteiger partial charge is 0.339 e. The Morgan fingerprint density at radius 3 is 2.72 bits per heavy atom. The van der Waals surface area contributed by atoms with Gasteiger partial charge in [0.2, 0.25) is 0 Å². The minimum absolute atomic E-state index is 0.0265. The molecule has 4 aromatic rings. The van der Waals surface area contributed by atoms with Gasteiger partial charge >= 0.3 is 5.97 Å². The largest absolute Gasteiger partial charge is 0.482 e. The van der Waals surface area contributed by atoms with Gasteiger partial charge in [0.15, 0.2) is 12.3 Å². The van der Waals surface area contributed by atoms with E-state index in [1.807, 2.05) is 12.1 Å². The lowest BCUT2D eigenvalue weighted by Crippen LogP contribution is -2.26. The first-order chi connectivity index (χ1) is 17.4. The van der Waals surface area contributed by atoms with Gasteiger partial charge in [-0.05, 0) is 30.2 Å². The summed E-state index contributed by atoms with van der Waals surface area (Å²) >= 11 is 0. The van der Waals surface area contributed by atoms with Crippen molar-refractivity contribution in [3.05, 3.63) is 82.9 Å². The van der Waals surface area contributed by atoms with Gasteiger partial charge in [0.05, 0.1) is 11.2 Å². The van der Waals surface area contributed by atoms with Gasteiger partial charge in [-0.1, -0.05) is 35.9 Å². The van der Waals surface area contributed by atoms with Crippen LogP contribution < -0.4 is 21.1 Å². The van der Waals surface area contributed by atoms with Crippen molar-refractivity contribution < 1.29 is 24.2 Å². The molecule has 1 aliphatic rings. The number of aromatic nitrogens is 3. The van der Waals surface area contributed by atoms with Crippen molar-refractivity contribution in [3.63, 3.8) is 0 Å². The Hall–Kier alpha value is -4.77. The number of hydrogen-bond acceptors (Lipinski definition) is 7. The van der Waals surface area contributed by atoms with Crippen molar-refractivity contribution >= 4 is 34.5 Å². The molecule has 0 saturated carbocycles. The molecular formula is C25H24N6O5. The van der Waals surface area contributed by atoms with E-state index >= 15 is 0 Å². The fourth-order valence-corrected chi connectivity index (χ4v) is 3.62. The Morgan fingerprint density at radius 1 is 1.17 bits per heavy atom. The van der Waals surface area contributed by atoms with Crippen LogP contribution in [0.5, 0.6) is 5.75 Å². The summed E-state index contributed by atoms with van der Waals surface area (Å²) in [6.07, 6.45) is 2.41. The molecule has 6 N–H and O–H groups in total. The number of carboxylic acid groups (broad SMARTS) is 1. The third kappa shape index (κ3) is 5.47. The monoisotopic (exact) mass is 488 g/mol. The van der Waals surface area contributed by atoms with E-state index in [1.54, 1.807) is 18.2 Å². The standard InChI is InChI=1S/C17H13N5O5.C8H11N/c23-12-6-27-11-2-1-8(3-10(11)22-12)4-19-16(24)15-14-13(20-7-21-15)9(5-18-14)17(25)26;1-7-3-2-4-8(5-7)6-9/h1-3,5,7,18H,4,6H2,(H,19,24)(H,22,23)(H,25,26);2-5H,6,9H2,1H3. The molecule has 0 saturated heterocycles. The molecule has 0 radical (unpaired) electrons. The Balaban J connectivity index is 0.000000286. The van der Waals surface area contributed by atoms with Crippen LogP contribution in [0.3, 0.4) is 0 Å². The molecule has 5 rings (SSSR count). The lowest BCUT2D eigenvalue weighted by Gasteiger charge is -2.18. The second kappa shape index (κ2) is 10.7. The average molecular weight is 489 g/mol. The summed E-state index contributed by atoms with van der Waals surface area (Å²) < 4.78 is 5.29. The molecule has 36 heavy (non-hydrogen) atoms. The minimum atomic E-state index is -1.15. The Morgan fingerprint density at radius 2 is 2.00 bits per heavy atom. The summed E-state index contributed by atoms with van der Waals surface area (Å²) in [5.74, 6) is -1.31. The van der Waals surface area contributed by atoms with Gasteiger partial charge in [-0.15, -0.1) is 0 Å². The van der Waals surface area contributed by atoms with Gasteiger partial charge in [-0.25, -0.2) is 14.8 Å². The lowest BCUT2D eigenvalue weighted by molar-refractivity contribution is -0.118. The number of aryl methyl sites for hydroxylation is 1. The van der Waals surface area contributed by atoms with Crippen LogP contribution in [-0.2, 0) is 17.9 Å². The second-order valence-corrected chi connectivity index (χ2v) is 8.00. The number of ether oxygens (including phenoxy) is 1. The van der Waals surface area contributed by atoms with E-state index in [4.69, 9.17) is 15.6 Å². The third-order valence-electron chi connectivity index (χ3n) is 5.36. The van der Waals surface area contributed by atoms with E-state index < -0.39 is 11.9 Å². The number of aromatic carboxylic acids is 1. The van der Waals surface area contributed by atoms with Crippen molar-refractivity contribution in [2.24, 2.45) is 5.73 Å². The quantitative estimate of drug-likeness (QED) is 0.285. The number of carbonyl (C=O) groups is 3. The number of amides is 2. The molecule has 11 nitrogen and oxygen atoms in total. The zero-order valence-corrected chi connectivity index (χ0v) is 19.4. The van der Waals surface area contributed by atoms with E-state index in [9.17, 15) is 14.4 Å². The maximum Gasteiger partial charge on any atom is 0.339 e. The normalized spacial score (nSPS) is 12.0. The molecule has 0 atom stereocenters. The molecule has 0 unspecified atom stereocenters. The second-order valence-electron chi connectivity index (χ2n) is 8.00. The molecule has 2 aromatic carbocycles. The summed E-state index contributed by atoms with van der Waals surface area (Å²) in [5.41, 5.74) is 9.60. The first-order valence-electron chi connectivity index (χ1n) is 11.0. The van der Waals surface area contributed by atoms with Crippen molar-refractivity contribution in [1.82, 2.24) is 20.3 Å². The van der Waals surface area contributed by atoms with E-state index in [-0.39, 0.29) is 41.3 Å². The Labute approximate surface area is 205 Å². The number of benzene rings is 2. The molecule has 0 aliphatic carbocycles. The number of H-pyrrole nitrogens is 1. The lowest BCUT2D eigenvalue weighted by atomic mass is 10.1. The highest BCUT2D eigenvalue weighted by Crippen LogP contribution is 2.28. The summed E-state index contributed by atoms with van der Waals surface area (Å²) in [7, 11) is 0. The zero-order chi connectivity index (χ0) is 25.7. The van der Waals surface area contributed by atoms with Crippen molar-refractivity contribution in [1.29, 1.82) is 0 Å². The van der Waals surface area contributed by atoms with Crippen LogP contribution in [0.25, 0.3) is 11.0 Å². The number of carbonyl (C=O) groups excluding carboxylic acids is 2. The van der Waals surface area contributed by atoms with Crippen LogP contribution in [-0.4, -0.2) is 44.4 Å². The summed E-state index contributed by atoms with van der Waals surface area (Å²) in [6.45, 7) is 2.86. The number of nitrogens with two attached hydrogens (primary N) is 1. The topological polar surface area (TPSA) is 172 Å². The van der Waals surface area contributed by atoms with E-state index in [2.05, 4.69) is 44.6 Å². The molecule has 0 bridgehead atoms. The molecule has 3 heterocycles.